The SMILES string of the molecule is C#CCC(N)C(=O)CCS(C)(=O)=O. The van der Waals surface area contributed by atoms with Crippen molar-refractivity contribution in [2.45, 2.75) is 18.9 Å². The van der Waals surface area contributed by atoms with Gasteiger partial charge in [-0.15, -0.1) is 12.3 Å². The number of hydrogen-bond acceptors (Lipinski definition) is 4. The van der Waals surface area contributed by atoms with Crippen LogP contribution in [0.2, 0.25) is 0 Å². The molecular formula is C8H13NO3S. The predicted octanol–water partition coefficient (Wildman–Crippen LogP) is -0.659. The van der Waals surface area contributed by atoms with Crippen molar-refractivity contribution >= 4 is 15.6 Å². The summed E-state index contributed by atoms with van der Waals surface area (Å²) in [6.07, 6.45) is 6.13. The van der Waals surface area contributed by atoms with Crippen LogP contribution in [0.3, 0.4) is 0 Å². The maximum Gasteiger partial charge on any atom is 0.151 e. The molecule has 0 bridgehead atoms. The zero-order valence-electron chi connectivity index (χ0n) is 7.49. The van der Waals surface area contributed by atoms with Gasteiger partial charge in [-0.05, 0) is 0 Å². The molecule has 74 valence electrons. The molecule has 0 aliphatic rings. The maximum atomic E-state index is 11.1. The van der Waals surface area contributed by atoms with Crippen LogP contribution in [-0.2, 0) is 14.6 Å². The van der Waals surface area contributed by atoms with Crippen molar-refractivity contribution in [2.75, 3.05) is 12.0 Å². The number of carbonyl (C=O) groups is 1. The van der Waals surface area contributed by atoms with E-state index in [0.29, 0.717) is 0 Å². The molecule has 0 aromatic heterocycles. The quantitative estimate of drug-likeness (QED) is 0.602. The maximum absolute atomic E-state index is 11.1. The summed E-state index contributed by atoms with van der Waals surface area (Å²) in [5.74, 6) is 1.79. The van der Waals surface area contributed by atoms with E-state index in [1.54, 1.807) is 0 Å². The molecule has 1 unspecified atom stereocenters. The minimum Gasteiger partial charge on any atom is -0.321 e. The summed E-state index contributed by atoms with van der Waals surface area (Å²) in [4.78, 5) is 11.1. The van der Waals surface area contributed by atoms with Crippen molar-refractivity contribution in [2.24, 2.45) is 5.73 Å². The molecule has 0 saturated heterocycles. The van der Waals surface area contributed by atoms with Crippen LogP contribution in [0.5, 0.6) is 0 Å². The van der Waals surface area contributed by atoms with Gasteiger partial charge in [0.25, 0.3) is 0 Å². The van der Waals surface area contributed by atoms with Crippen molar-refractivity contribution in [1.29, 1.82) is 0 Å². The van der Waals surface area contributed by atoms with Crippen LogP contribution in [0.25, 0.3) is 0 Å². The van der Waals surface area contributed by atoms with Gasteiger partial charge in [0.05, 0.1) is 11.8 Å². The predicted molar refractivity (Wildman–Crippen MR) is 50.8 cm³/mol. The number of terminal acetylenes is 1. The first kappa shape index (κ1) is 12.1. The molecule has 0 aromatic carbocycles. The molecule has 0 heterocycles. The number of ketones is 1. The summed E-state index contributed by atoms with van der Waals surface area (Å²) in [5.41, 5.74) is 5.37. The fourth-order valence-electron chi connectivity index (χ4n) is 0.712. The average Bonchev–Trinajstić information content (AvgIpc) is 1.99. The Bertz CT molecular complexity index is 313. The second-order valence-electron chi connectivity index (χ2n) is 2.86. The van der Waals surface area contributed by atoms with Crippen molar-refractivity contribution in [3.8, 4) is 12.3 Å². The molecule has 0 amide bonds. The van der Waals surface area contributed by atoms with E-state index in [9.17, 15) is 13.2 Å². The Morgan fingerprint density at radius 2 is 2.15 bits per heavy atom. The molecule has 0 aliphatic carbocycles. The Balaban J connectivity index is 3.97. The smallest absolute Gasteiger partial charge is 0.151 e. The summed E-state index contributed by atoms with van der Waals surface area (Å²) in [5, 5.41) is 0. The first-order valence-corrected chi connectivity index (χ1v) is 5.82. The van der Waals surface area contributed by atoms with Gasteiger partial charge in [-0.3, -0.25) is 4.79 Å². The normalized spacial score (nSPS) is 13.3. The Morgan fingerprint density at radius 1 is 1.62 bits per heavy atom. The number of carbonyl (C=O) groups excluding carboxylic acids is 1. The summed E-state index contributed by atoms with van der Waals surface area (Å²) >= 11 is 0. The number of rotatable bonds is 5. The average molecular weight is 203 g/mol. The van der Waals surface area contributed by atoms with E-state index in [1.807, 2.05) is 0 Å². The van der Waals surface area contributed by atoms with Crippen molar-refractivity contribution in [3.05, 3.63) is 0 Å². The zero-order valence-corrected chi connectivity index (χ0v) is 8.30. The van der Waals surface area contributed by atoms with Crippen molar-refractivity contribution in [3.63, 3.8) is 0 Å². The highest BCUT2D eigenvalue weighted by molar-refractivity contribution is 7.90. The van der Waals surface area contributed by atoms with Crippen LogP contribution in [0, 0.1) is 12.3 Å². The molecule has 1 atom stereocenters. The van der Waals surface area contributed by atoms with Gasteiger partial charge >= 0.3 is 0 Å². The highest BCUT2D eigenvalue weighted by Gasteiger charge is 2.14. The van der Waals surface area contributed by atoms with Crippen LogP contribution in [-0.4, -0.2) is 32.3 Å². The standard InChI is InChI=1S/C8H13NO3S/c1-3-4-7(9)8(10)5-6-13(2,11)12/h1,7H,4-6,9H2,2H3. The molecule has 0 fully saturated rings. The number of sulfone groups is 1. The Labute approximate surface area is 78.4 Å². The van der Waals surface area contributed by atoms with E-state index in [2.05, 4.69) is 5.92 Å². The van der Waals surface area contributed by atoms with Crippen molar-refractivity contribution in [1.82, 2.24) is 0 Å². The third-order valence-corrected chi connectivity index (χ3v) is 2.42. The largest absolute Gasteiger partial charge is 0.321 e. The summed E-state index contributed by atoms with van der Waals surface area (Å²) in [6.45, 7) is 0. The van der Waals surface area contributed by atoms with Gasteiger partial charge in [0.1, 0.15) is 9.84 Å². The Kier molecular flexibility index (Phi) is 4.67. The molecule has 0 aromatic rings. The van der Waals surface area contributed by atoms with Crippen molar-refractivity contribution < 1.29 is 13.2 Å². The Hall–Kier alpha value is -0.860. The van der Waals surface area contributed by atoms with Gasteiger partial charge in [0, 0.05) is 19.1 Å². The molecule has 2 N–H and O–H groups in total. The molecule has 0 radical (unpaired) electrons. The number of hydrogen-bond donors (Lipinski definition) is 1. The molecular weight excluding hydrogens is 190 g/mol. The van der Waals surface area contributed by atoms with E-state index in [1.165, 1.54) is 0 Å². The van der Waals surface area contributed by atoms with E-state index in [-0.39, 0.29) is 24.4 Å². The minimum absolute atomic E-state index is 0.0539. The highest BCUT2D eigenvalue weighted by atomic mass is 32.2. The topological polar surface area (TPSA) is 77.2 Å². The van der Waals surface area contributed by atoms with Crippen LogP contribution in [0.15, 0.2) is 0 Å². The lowest BCUT2D eigenvalue weighted by atomic mass is 10.1. The third-order valence-electron chi connectivity index (χ3n) is 1.47. The molecule has 4 nitrogen and oxygen atoms in total. The first-order valence-electron chi connectivity index (χ1n) is 3.76. The van der Waals surface area contributed by atoms with Crippen LogP contribution in [0.1, 0.15) is 12.8 Å². The highest BCUT2D eigenvalue weighted by Crippen LogP contribution is 1.96. The van der Waals surface area contributed by atoms with E-state index >= 15 is 0 Å². The van der Waals surface area contributed by atoms with Crippen LogP contribution >= 0.6 is 0 Å². The van der Waals surface area contributed by atoms with Gasteiger partial charge in [-0.25, -0.2) is 8.42 Å². The molecule has 0 spiro atoms. The molecule has 13 heavy (non-hydrogen) atoms. The molecule has 0 rings (SSSR count). The van der Waals surface area contributed by atoms with E-state index in [4.69, 9.17) is 12.2 Å². The Morgan fingerprint density at radius 3 is 2.54 bits per heavy atom. The van der Waals surface area contributed by atoms with Gasteiger partial charge in [-0.2, -0.15) is 0 Å². The zero-order chi connectivity index (χ0) is 10.5. The summed E-state index contributed by atoms with van der Waals surface area (Å²) < 4.78 is 21.4. The molecule has 0 saturated carbocycles. The van der Waals surface area contributed by atoms with E-state index in [0.717, 1.165) is 6.26 Å². The van der Waals surface area contributed by atoms with Gasteiger partial charge in [-0.1, -0.05) is 0 Å². The van der Waals surface area contributed by atoms with Gasteiger partial charge in [0.2, 0.25) is 0 Å². The lowest BCUT2D eigenvalue weighted by Crippen LogP contribution is -2.31. The lowest BCUT2D eigenvalue weighted by molar-refractivity contribution is -0.119. The fraction of sp³-hybridized carbons (Fsp3) is 0.625. The molecule has 0 aliphatic heterocycles. The first-order chi connectivity index (χ1) is 5.87. The monoisotopic (exact) mass is 203 g/mol. The lowest BCUT2D eigenvalue weighted by Gasteiger charge is -2.05. The second-order valence-corrected chi connectivity index (χ2v) is 5.12. The third kappa shape index (κ3) is 6.31. The van der Waals surface area contributed by atoms with E-state index < -0.39 is 15.9 Å². The van der Waals surface area contributed by atoms with Gasteiger partial charge in [0.15, 0.2) is 5.78 Å². The fourth-order valence-corrected chi connectivity index (χ4v) is 1.28. The summed E-state index contributed by atoms with van der Waals surface area (Å²) in [6, 6.07) is -0.730. The molecule has 5 heteroatoms. The second kappa shape index (κ2) is 5.00. The minimum atomic E-state index is -3.10. The number of nitrogens with two attached hydrogens (primary N) is 1. The summed E-state index contributed by atoms with van der Waals surface area (Å²) in [7, 11) is -3.10. The number of Topliss-reactive ketones (excluding diaryl/α,β-unsaturated/α-hetero) is 1. The van der Waals surface area contributed by atoms with Gasteiger partial charge < -0.3 is 5.73 Å². The van der Waals surface area contributed by atoms with Crippen LogP contribution < -0.4 is 5.73 Å². The van der Waals surface area contributed by atoms with Crippen LogP contribution in [0.4, 0.5) is 0 Å².